The van der Waals surface area contributed by atoms with Crippen LogP contribution in [0.3, 0.4) is 0 Å². The average Bonchev–Trinajstić information content (AvgIpc) is 3.14. The Balaban J connectivity index is 0.00000289. The van der Waals surface area contributed by atoms with Crippen LogP contribution < -0.4 is 10.5 Å². The van der Waals surface area contributed by atoms with Gasteiger partial charge >= 0.3 is 0 Å². The highest BCUT2D eigenvalue weighted by molar-refractivity contribution is 5.49. The van der Waals surface area contributed by atoms with Crippen molar-refractivity contribution in [3.8, 4) is 5.69 Å². The molecule has 33 heavy (non-hydrogen) atoms. The lowest BCUT2D eigenvalue weighted by molar-refractivity contribution is -0.0661. The zero-order chi connectivity index (χ0) is 23.8. The summed E-state index contributed by atoms with van der Waals surface area (Å²) in [7, 11) is 0. The lowest BCUT2D eigenvalue weighted by Gasteiger charge is -2.42. The Morgan fingerprint density at radius 1 is 1.12 bits per heavy atom. The Morgan fingerprint density at radius 2 is 1.91 bits per heavy atom. The average molecular weight is 466 g/mol. The van der Waals surface area contributed by atoms with Gasteiger partial charge in [-0.25, -0.2) is 27.2 Å². The molecule has 0 amide bonds. The zero-order valence-corrected chi connectivity index (χ0v) is 17.4. The molecule has 2 saturated heterocycles. The van der Waals surface area contributed by atoms with E-state index in [0.29, 0.717) is 38.2 Å². The maximum Gasteiger partial charge on any atom is 0.264 e. The van der Waals surface area contributed by atoms with Gasteiger partial charge in [-0.15, -0.1) is 0 Å². The molecule has 5 rings (SSSR count). The minimum Gasteiger partial charge on any atom is -0.378 e. The van der Waals surface area contributed by atoms with Gasteiger partial charge in [0.15, 0.2) is 17.5 Å². The number of aromatic amines is 1. The van der Waals surface area contributed by atoms with Crippen molar-refractivity contribution in [2.75, 3.05) is 44.3 Å². The van der Waals surface area contributed by atoms with Crippen LogP contribution in [0.2, 0.25) is 0 Å². The minimum atomic E-state index is -2.72. The van der Waals surface area contributed by atoms with Gasteiger partial charge in [0, 0.05) is 39.2 Å². The number of piperazine rings is 1. The number of nitrogens with zero attached hydrogens (tertiary/aromatic N) is 6. The van der Waals surface area contributed by atoms with E-state index >= 15 is 0 Å². The molecule has 3 aromatic rings. The molecule has 4 heterocycles. The number of hydrogen-bond acceptors (Lipinski definition) is 6. The van der Waals surface area contributed by atoms with Crippen molar-refractivity contribution < 1.29 is 25.1 Å². The number of hydrogen-bond donors (Lipinski definition) is 1. The highest BCUT2D eigenvalue weighted by atomic mass is 19.3. The normalized spacial score (nSPS) is 18.6. The van der Waals surface area contributed by atoms with Crippen LogP contribution in [0.5, 0.6) is 0 Å². The SMILES string of the molecule is [2H]c1nc(=Nc2cc(C(F)F)cc(N3CCN(C4COC4)CC3)n2)[nH]n1-c1ccc(F)c(F)c1.[HH]. The Hall–Kier alpha value is -3.25. The Labute approximate surface area is 189 Å². The van der Waals surface area contributed by atoms with Crippen LogP contribution >= 0.6 is 0 Å². The molecule has 0 spiro atoms. The van der Waals surface area contributed by atoms with Crippen molar-refractivity contribution in [2.45, 2.75) is 12.5 Å². The number of ether oxygens (including phenoxy) is 1. The lowest BCUT2D eigenvalue weighted by atomic mass is 10.1. The molecule has 1 N–H and O–H groups in total. The van der Waals surface area contributed by atoms with Gasteiger partial charge in [0.1, 0.15) is 13.5 Å². The Morgan fingerprint density at radius 3 is 2.58 bits per heavy atom. The third-order valence-electron chi connectivity index (χ3n) is 5.70. The van der Waals surface area contributed by atoms with E-state index in [2.05, 4.69) is 25.0 Å². The number of alkyl halides is 2. The summed E-state index contributed by atoms with van der Waals surface area (Å²) in [6.45, 7) is 4.24. The van der Waals surface area contributed by atoms with Crippen LogP contribution in [-0.2, 0) is 4.74 Å². The van der Waals surface area contributed by atoms with Crippen molar-refractivity contribution in [3.63, 3.8) is 0 Å². The van der Waals surface area contributed by atoms with Crippen molar-refractivity contribution in [1.82, 2.24) is 24.6 Å². The first kappa shape index (κ1) is 20.4. The smallest absolute Gasteiger partial charge is 0.264 e. The second kappa shape index (κ2) is 8.94. The monoisotopic (exact) mass is 466 g/mol. The molecule has 1 aromatic carbocycles. The first-order chi connectivity index (χ1) is 16.4. The topological polar surface area (TPSA) is 74.6 Å². The van der Waals surface area contributed by atoms with Crippen LogP contribution in [-0.4, -0.2) is 70.1 Å². The van der Waals surface area contributed by atoms with E-state index in [9.17, 15) is 17.6 Å². The number of nitrogens with one attached hydrogen (secondary N) is 1. The molecular formula is C21H23F4N7O. The number of H-pyrrole nitrogens is 1. The fourth-order valence-corrected chi connectivity index (χ4v) is 3.77. The first-order valence-corrected chi connectivity index (χ1v) is 10.4. The molecular weight excluding hydrogens is 442 g/mol. The van der Waals surface area contributed by atoms with Crippen molar-refractivity contribution in [1.29, 1.82) is 0 Å². The van der Waals surface area contributed by atoms with Gasteiger partial charge in [0.2, 0.25) is 5.62 Å². The number of anilines is 1. The second-order valence-electron chi connectivity index (χ2n) is 7.82. The van der Waals surface area contributed by atoms with Gasteiger partial charge in [-0.1, -0.05) is 0 Å². The molecule has 0 aliphatic carbocycles. The number of rotatable bonds is 5. The standard InChI is InChI=1S/C21H21F4N7O.H2/c22-16-2-1-14(9-17(16)23)32-12-26-21(29-32)28-18-7-13(20(24)25)8-19(27-18)31-5-3-30(4-6-31)15-10-33-11-15;/h1-2,7-9,12,15,20H,3-6,10-11H2,(H,27,28,29);1H/i12D;. The van der Waals surface area contributed by atoms with E-state index in [0.717, 1.165) is 36.0 Å². The maximum atomic E-state index is 13.6. The van der Waals surface area contributed by atoms with Crippen LogP contribution in [0.15, 0.2) is 41.6 Å². The summed E-state index contributed by atoms with van der Waals surface area (Å²) < 4.78 is 68.3. The number of pyridine rings is 1. The predicted molar refractivity (Wildman–Crippen MR) is 113 cm³/mol. The van der Waals surface area contributed by atoms with Gasteiger partial charge in [-0.05, 0) is 24.3 Å². The molecule has 0 saturated carbocycles. The number of benzene rings is 1. The summed E-state index contributed by atoms with van der Waals surface area (Å²) in [6.07, 6.45) is -3.05. The maximum absolute atomic E-state index is 13.6. The molecule has 0 bridgehead atoms. The molecule has 8 nitrogen and oxygen atoms in total. The van der Waals surface area contributed by atoms with Gasteiger partial charge in [0.05, 0.1) is 24.9 Å². The Bertz CT molecular complexity index is 1260. The van der Waals surface area contributed by atoms with Crippen LogP contribution in [0.1, 0.15) is 14.8 Å². The molecule has 12 heteroatoms. The molecule has 0 atom stereocenters. The minimum absolute atomic E-state index is 0. The summed E-state index contributed by atoms with van der Waals surface area (Å²) in [5, 5.41) is 2.67. The molecule has 176 valence electrons. The summed E-state index contributed by atoms with van der Waals surface area (Å²) in [6, 6.07) is 6.01. The summed E-state index contributed by atoms with van der Waals surface area (Å²) >= 11 is 0. The van der Waals surface area contributed by atoms with Gasteiger partial charge in [-0.2, -0.15) is 9.98 Å². The molecule has 2 aromatic heterocycles. The predicted octanol–water partition coefficient (Wildman–Crippen LogP) is 2.81. The molecule has 2 aliphatic rings. The van der Waals surface area contributed by atoms with Gasteiger partial charge < -0.3 is 9.64 Å². The highest BCUT2D eigenvalue weighted by Crippen LogP contribution is 2.28. The molecule has 2 fully saturated rings. The Kier molecular flexibility index (Phi) is 5.52. The quantitative estimate of drug-likeness (QED) is 0.586. The van der Waals surface area contributed by atoms with Crippen molar-refractivity contribution in [3.05, 3.63) is 59.5 Å². The third-order valence-corrected chi connectivity index (χ3v) is 5.70. The van der Waals surface area contributed by atoms with E-state index in [4.69, 9.17) is 6.11 Å². The van der Waals surface area contributed by atoms with E-state index < -0.39 is 18.1 Å². The second-order valence-corrected chi connectivity index (χ2v) is 7.82. The fourth-order valence-electron chi connectivity index (χ4n) is 3.77. The summed E-state index contributed by atoms with van der Waals surface area (Å²) in [5.74, 6) is -1.73. The van der Waals surface area contributed by atoms with E-state index in [-0.39, 0.29) is 30.4 Å². The number of halogens is 4. The van der Waals surface area contributed by atoms with E-state index in [1.165, 1.54) is 12.1 Å². The first-order valence-electron chi connectivity index (χ1n) is 10.9. The van der Waals surface area contributed by atoms with E-state index in [1.54, 1.807) is 0 Å². The third kappa shape index (κ3) is 4.62. The molecule has 0 unspecified atom stereocenters. The van der Waals surface area contributed by atoms with Crippen molar-refractivity contribution >= 4 is 11.6 Å². The molecule has 0 radical (unpaired) electrons. The van der Waals surface area contributed by atoms with Gasteiger partial charge in [0.25, 0.3) is 6.43 Å². The van der Waals surface area contributed by atoms with Crippen molar-refractivity contribution in [2.24, 2.45) is 4.99 Å². The van der Waals surface area contributed by atoms with Crippen LogP contribution in [0.25, 0.3) is 5.69 Å². The lowest BCUT2D eigenvalue weighted by Crippen LogP contribution is -2.56. The van der Waals surface area contributed by atoms with E-state index in [1.807, 2.05) is 4.90 Å². The summed E-state index contributed by atoms with van der Waals surface area (Å²) in [4.78, 5) is 16.8. The van der Waals surface area contributed by atoms with Crippen LogP contribution in [0, 0.1) is 11.6 Å². The van der Waals surface area contributed by atoms with Gasteiger partial charge in [-0.3, -0.25) is 10.00 Å². The highest BCUT2D eigenvalue weighted by Gasteiger charge is 2.29. The summed E-state index contributed by atoms with van der Waals surface area (Å²) in [5.41, 5.74) is -0.193. The largest absolute Gasteiger partial charge is 0.378 e. The molecule has 2 aliphatic heterocycles. The zero-order valence-electron chi connectivity index (χ0n) is 18.4. The van der Waals surface area contributed by atoms with Crippen LogP contribution in [0.4, 0.5) is 29.2 Å². The fraction of sp³-hybridized carbons (Fsp3) is 0.381. The number of aromatic nitrogens is 4.